The van der Waals surface area contributed by atoms with Crippen LogP contribution in [0.4, 0.5) is 0 Å². The number of benzene rings is 2. The maximum atomic E-state index is 13.1. The highest BCUT2D eigenvalue weighted by molar-refractivity contribution is 9.10. The summed E-state index contributed by atoms with van der Waals surface area (Å²) in [4.78, 5) is 15.5. The number of nitrogens with one attached hydrogen (secondary N) is 1. The average molecular weight is 632 g/mol. The lowest BCUT2D eigenvalue weighted by Crippen LogP contribution is -2.23. The molecule has 42 heavy (non-hydrogen) atoms. The maximum absolute atomic E-state index is 13.1. The molecule has 10 heteroatoms. The highest BCUT2D eigenvalue weighted by Gasteiger charge is 2.22. The van der Waals surface area contributed by atoms with E-state index >= 15 is 0 Å². The molecule has 1 fully saturated rings. The van der Waals surface area contributed by atoms with Gasteiger partial charge in [-0.1, -0.05) is 33.3 Å². The van der Waals surface area contributed by atoms with Crippen LogP contribution in [0.1, 0.15) is 53.0 Å². The third-order valence-corrected chi connectivity index (χ3v) is 8.13. The summed E-state index contributed by atoms with van der Waals surface area (Å²) in [6.07, 6.45) is 5.20. The number of nitrogens with zero attached hydrogens (tertiary/aromatic N) is 7. The minimum atomic E-state index is -0.687. The van der Waals surface area contributed by atoms with Crippen LogP contribution in [0.2, 0.25) is 0 Å². The second kappa shape index (κ2) is 13.6. The summed E-state index contributed by atoms with van der Waals surface area (Å²) in [5.41, 5.74) is 6.15. The predicted molar refractivity (Wildman–Crippen MR) is 169 cm³/mol. The van der Waals surface area contributed by atoms with Gasteiger partial charge in [0.2, 0.25) is 0 Å². The molecule has 0 radical (unpaired) electrons. The summed E-state index contributed by atoms with van der Waals surface area (Å²) in [5.74, 6) is -0.0173. The first-order valence-corrected chi connectivity index (χ1v) is 14.9. The second-order valence-corrected chi connectivity index (χ2v) is 12.3. The molecule has 5 rings (SSSR count). The van der Waals surface area contributed by atoms with E-state index in [-0.39, 0.29) is 12.2 Å². The van der Waals surface area contributed by atoms with Gasteiger partial charge in [0, 0.05) is 47.9 Å². The fourth-order valence-electron chi connectivity index (χ4n) is 4.71. The van der Waals surface area contributed by atoms with E-state index in [0.717, 1.165) is 50.3 Å². The lowest BCUT2D eigenvalue weighted by atomic mass is 9.85. The van der Waals surface area contributed by atoms with Crippen LogP contribution in [0.3, 0.4) is 0 Å². The van der Waals surface area contributed by atoms with Crippen LogP contribution >= 0.6 is 15.9 Å². The monoisotopic (exact) mass is 630 g/mol. The Kier molecular flexibility index (Phi) is 10.1. The third-order valence-electron chi connectivity index (χ3n) is 7.67. The molecule has 0 atom stereocenters. The smallest absolute Gasteiger partial charge is 0.167 e. The first kappa shape index (κ1) is 31.3. The number of nitriles is 1. The van der Waals surface area contributed by atoms with Crippen molar-refractivity contribution in [1.82, 2.24) is 35.0 Å². The van der Waals surface area contributed by atoms with Gasteiger partial charge in [0.05, 0.1) is 29.6 Å². The minimum Gasteiger partial charge on any atom is -0.315 e. The van der Waals surface area contributed by atoms with Crippen molar-refractivity contribution in [2.45, 2.75) is 46.0 Å². The number of hydrogen-bond acceptors (Lipinski definition) is 7. The number of Topliss-reactive ketones (excluding diaryl/α,β-unsaturated/α-hetero) is 1. The van der Waals surface area contributed by atoms with Crippen LogP contribution in [0, 0.1) is 25.2 Å². The number of aryl methyl sites for hydroxylation is 2. The molecule has 0 saturated carbocycles. The van der Waals surface area contributed by atoms with Gasteiger partial charge in [-0.2, -0.15) is 10.4 Å². The third kappa shape index (κ3) is 7.59. The van der Waals surface area contributed by atoms with Gasteiger partial charge in [-0.25, -0.2) is 4.68 Å². The Morgan fingerprint density at radius 2 is 1.90 bits per heavy atom. The fraction of sp³-hybridized carbons (Fsp3) is 0.406. The zero-order valence-corrected chi connectivity index (χ0v) is 26.9. The summed E-state index contributed by atoms with van der Waals surface area (Å²) in [6.45, 7) is 12.5. The molecule has 0 aliphatic carbocycles. The molecule has 220 valence electrons. The molecule has 9 nitrogen and oxygen atoms in total. The lowest BCUT2D eigenvalue weighted by molar-refractivity contribution is 0.0992. The van der Waals surface area contributed by atoms with Crippen molar-refractivity contribution in [2.24, 2.45) is 7.05 Å². The Morgan fingerprint density at radius 3 is 2.62 bits per heavy atom. The van der Waals surface area contributed by atoms with Gasteiger partial charge in [-0.15, -0.1) is 5.10 Å². The van der Waals surface area contributed by atoms with Crippen LogP contribution in [-0.2, 0) is 18.9 Å². The van der Waals surface area contributed by atoms with Crippen molar-refractivity contribution in [1.29, 1.82) is 5.26 Å². The summed E-state index contributed by atoms with van der Waals surface area (Å²) in [5, 5.41) is 25.8. The number of carbonyl (C=O) groups is 1. The van der Waals surface area contributed by atoms with Gasteiger partial charge < -0.3 is 10.2 Å². The van der Waals surface area contributed by atoms with Crippen molar-refractivity contribution in [3.8, 4) is 23.0 Å². The molecule has 1 aliphatic heterocycles. The molecule has 0 bridgehead atoms. The van der Waals surface area contributed by atoms with Gasteiger partial charge in [0.1, 0.15) is 5.69 Å². The van der Waals surface area contributed by atoms with Crippen molar-refractivity contribution in [3.63, 3.8) is 0 Å². The molecule has 1 aliphatic rings. The zero-order valence-electron chi connectivity index (χ0n) is 25.3. The van der Waals surface area contributed by atoms with Crippen LogP contribution in [0.15, 0.2) is 53.3 Å². The average Bonchev–Trinajstić information content (AvgIpc) is 3.49. The molecule has 0 spiro atoms. The number of carbonyl (C=O) groups excluding carboxylic acids is 1. The minimum absolute atomic E-state index is 0.0173. The maximum Gasteiger partial charge on any atom is 0.167 e. The van der Waals surface area contributed by atoms with Crippen LogP contribution < -0.4 is 5.32 Å². The van der Waals surface area contributed by atoms with Crippen LogP contribution in [0.5, 0.6) is 0 Å². The van der Waals surface area contributed by atoms with Gasteiger partial charge >= 0.3 is 0 Å². The first-order valence-electron chi connectivity index (χ1n) is 14.1. The van der Waals surface area contributed by atoms with Crippen LogP contribution in [-0.4, -0.2) is 68.7 Å². The van der Waals surface area contributed by atoms with E-state index in [1.807, 2.05) is 71.3 Å². The number of hydrogen-bond donors (Lipinski definition) is 1. The topological polar surface area (TPSA) is 105 Å². The molecule has 2 aromatic heterocycles. The number of halogens is 1. The number of aromatic nitrogens is 5. The normalized spacial score (nSPS) is 14.0. The van der Waals surface area contributed by atoms with E-state index in [4.69, 9.17) is 0 Å². The molecule has 3 heterocycles. The van der Waals surface area contributed by atoms with E-state index in [2.05, 4.69) is 54.7 Å². The highest BCUT2D eigenvalue weighted by Crippen LogP contribution is 2.28. The Labute approximate surface area is 256 Å². The van der Waals surface area contributed by atoms with Gasteiger partial charge in [-0.05, 0) is 95.2 Å². The summed E-state index contributed by atoms with van der Waals surface area (Å²) >= 11 is 3.48. The second-order valence-electron chi connectivity index (χ2n) is 11.4. The van der Waals surface area contributed by atoms with Gasteiger partial charge in [0.25, 0.3) is 0 Å². The predicted octanol–water partition coefficient (Wildman–Crippen LogP) is 5.19. The van der Waals surface area contributed by atoms with E-state index in [1.165, 1.54) is 26.1 Å². The fourth-order valence-corrected chi connectivity index (χ4v) is 5.20. The Balaban J connectivity index is 0.000000437. The SMILES string of the molecule is CN1CCCNCC1.Cc1ccc(CC(=O)c2cc(Br)cc(C(C)(C)C#N)c2)cc1-n1cc(-c2cnn(C)c2C)nn1. The molecule has 4 aromatic rings. The Hall–Kier alpha value is -3.65. The summed E-state index contributed by atoms with van der Waals surface area (Å²) in [6, 6.07) is 13.7. The number of rotatable bonds is 6. The zero-order chi connectivity index (χ0) is 30.4. The summed E-state index contributed by atoms with van der Waals surface area (Å²) in [7, 11) is 4.07. The van der Waals surface area contributed by atoms with Gasteiger partial charge in [0.15, 0.2) is 5.78 Å². The highest BCUT2D eigenvalue weighted by atomic mass is 79.9. The number of likely N-dealkylation sites (N-methyl/N-ethyl adjacent to an activating group) is 1. The largest absolute Gasteiger partial charge is 0.315 e. The molecule has 1 N–H and O–H groups in total. The molecule has 0 unspecified atom stereocenters. The van der Waals surface area contributed by atoms with Crippen molar-refractivity contribution in [3.05, 3.63) is 81.2 Å². The van der Waals surface area contributed by atoms with Crippen molar-refractivity contribution >= 4 is 21.7 Å². The van der Waals surface area contributed by atoms with Gasteiger partial charge in [-0.3, -0.25) is 9.48 Å². The Bertz CT molecular complexity index is 1590. The molecule has 2 aromatic carbocycles. The lowest BCUT2D eigenvalue weighted by Gasteiger charge is -2.17. The first-order chi connectivity index (χ1) is 20.0. The van der Waals surface area contributed by atoms with E-state index in [1.54, 1.807) is 21.6 Å². The van der Waals surface area contributed by atoms with Crippen molar-refractivity contribution < 1.29 is 4.79 Å². The van der Waals surface area contributed by atoms with E-state index in [0.29, 0.717) is 5.56 Å². The van der Waals surface area contributed by atoms with E-state index in [9.17, 15) is 10.1 Å². The molecule has 1 saturated heterocycles. The quantitative estimate of drug-likeness (QED) is 0.293. The Morgan fingerprint density at radius 1 is 1.12 bits per heavy atom. The van der Waals surface area contributed by atoms with Crippen molar-refractivity contribution in [2.75, 3.05) is 33.2 Å². The van der Waals surface area contributed by atoms with E-state index < -0.39 is 5.41 Å². The summed E-state index contributed by atoms with van der Waals surface area (Å²) < 4.78 is 4.32. The molecule has 0 amide bonds. The molecular formula is C32H39BrN8O. The number of ketones is 1. The van der Waals surface area contributed by atoms with Crippen LogP contribution in [0.25, 0.3) is 16.9 Å². The molecular weight excluding hydrogens is 592 g/mol. The standard InChI is InChI=1S/C26H25BrN6O.C6H14N2/c1-16-6-7-18(9-25(34)19-10-20(12-21(27)11-19)26(3,4)15-28)8-24(16)33-14-23(30-31-33)22-13-29-32(5)17(22)2;1-8-5-2-3-7-4-6-8/h6-8,10-14H,9H2,1-5H3;7H,2-6H2,1H3.